The highest BCUT2D eigenvalue weighted by Gasteiger charge is 2.27. The number of carbonyl (C=O) groups is 2. The number of hydrogen-bond donors (Lipinski definition) is 2. The summed E-state index contributed by atoms with van der Waals surface area (Å²) in [5.74, 6) is -0.650. The van der Waals surface area contributed by atoms with E-state index in [1.807, 2.05) is 35.3 Å². The van der Waals surface area contributed by atoms with Gasteiger partial charge in [-0.3, -0.25) is 19.9 Å². The molecule has 1 aliphatic heterocycles. The zero-order valence-corrected chi connectivity index (χ0v) is 22.7. The van der Waals surface area contributed by atoms with Crippen LogP contribution in [0.25, 0.3) is 0 Å². The van der Waals surface area contributed by atoms with Crippen LogP contribution in [0.5, 0.6) is 0 Å². The summed E-state index contributed by atoms with van der Waals surface area (Å²) in [6, 6.07) is 14.8. The van der Waals surface area contributed by atoms with E-state index in [9.17, 15) is 28.0 Å². The van der Waals surface area contributed by atoms with Gasteiger partial charge in [0.05, 0.1) is 31.3 Å². The molecule has 0 aliphatic carbocycles. The van der Waals surface area contributed by atoms with Crippen LogP contribution in [0.15, 0.2) is 42.5 Å². The predicted molar refractivity (Wildman–Crippen MR) is 143 cm³/mol. The Hall–Kier alpha value is -2.88. The highest BCUT2D eigenvalue weighted by Crippen LogP contribution is 2.23. The van der Waals surface area contributed by atoms with Crippen LogP contribution >= 0.6 is 24.8 Å². The minimum Gasteiger partial charge on any atom is -0.310 e. The van der Waals surface area contributed by atoms with Crippen LogP contribution in [-0.2, 0) is 22.7 Å². The van der Waals surface area contributed by atoms with E-state index in [0.29, 0.717) is 29.9 Å². The van der Waals surface area contributed by atoms with E-state index in [-0.39, 0.29) is 56.9 Å². The number of carbonyl (C=O) groups excluding carboxylic acids is 2. The van der Waals surface area contributed by atoms with Crippen molar-refractivity contribution in [2.45, 2.75) is 26.2 Å². The Labute approximate surface area is 232 Å². The van der Waals surface area contributed by atoms with Crippen LogP contribution in [0.1, 0.15) is 22.3 Å². The first-order chi connectivity index (χ1) is 17.1. The van der Waals surface area contributed by atoms with Gasteiger partial charge in [-0.25, -0.2) is 5.01 Å². The molecule has 2 amide bonds. The molecule has 0 bridgehead atoms. The SMILES string of the molecule is Cc1ccc(C#N)cc1N(CCNCC(F)(F)F)C(=O)CNCC(=O)N(C)N1Cc2ccccc2C1.Cl.Cl. The van der Waals surface area contributed by atoms with Crippen molar-refractivity contribution in [1.29, 1.82) is 5.26 Å². The molecule has 0 spiro atoms. The first-order valence-electron chi connectivity index (χ1n) is 11.5. The van der Waals surface area contributed by atoms with Crippen LogP contribution in [-0.4, -0.2) is 67.8 Å². The van der Waals surface area contributed by atoms with Crippen molar-refractivity contribution in [2.75, 3.05) is 44.7 Å². The zero-order valence-electron chi connectivity index (χ0n) is 21.0. The number of hydrogen-bond acceptors (Lipinski definition) is 6. The Balaban J connectivity index is 0.00000361. The second-order valence-corrected chi connectivity index (χ2v) is 8.56. The number of anilines is 1. The third kappa shape index (κ3) is 9.15. The monoisotopic (exact) mass is 574 g/mol. The maximum absolute atomic E-state index is 13.0. The van der Waals surface area contributed by atoms with Crippen molar-refractivity contribution in [1.82, 2.24) is 20.7 Å². The molecule has 0 aromatic heterocycles. The lowest BCUT2D eigenvalue weighted by atomic mass is 10.1. The van der Waals surface area contributed by atoms with Crippen LogP contribution < -0.4 is 15.5 Å². The average Bonchev–Trinajstić information content (AvgIpc) is 3.27. The molecule has 8 nitrogen and oxygen atoms in total. The maximum Gasteiger partial charge on any atom is 0.401 e. The number of aryl methyl sites for hydroxylation is 1. The zero-order chi connectivity index (χ0) is 26.3. The lowest BCUT2D eigenvalue weighted by molar-refractivity contribution is -0.145. The number of fused-ring (bicyclic) bond motifs is 1. The molecule has 2 N–H and O–H groups in total. The molecule has 208 valence electrons. The van der Waals surface area contributed by atoms with Gasteiger partial charge in [0.2, 0.25) is 5.91 Å². The van der Waals surface area contributed by atoms with Crippen molar-refractivity contribution >= 4 is 42.3 Å². The fourth-order valence-electron chi connectivity index (χ4n) is 3.94. The minimum absolute atomic E-state index is 0. The molecule has 1 heterocycles. The third-order valence-corrected chi connectivity index (χ3v) is 5.93. The summed E-state index contributed by atoms with van der Waals surface area (Å²) in [7, 11) is 1.67. The van der Waals surface area contributed by atoms with Crippen molar-refractivity contribution in [2.24, 2.45) is 0 Å². The number of nitrogens with one attached hydrogen (secondary N) is 2. The van der Waals surface area contributed by atoms with Gasteiger partial charge in [-0.15, -0.1) is 24.8 Å². The normalized spacial score (nSPS) is 12.5. The molecule has 3 rings (SSSR count). The highest BCUT2D eigenvalue weighted by molar-refractivity contribution is 5.96. The molecule has 2 aromatic rings. The van der Waals surface area contributed by atoms with Crippen molar-refractivity contribution in [3.63, 3.8) is 0 Å². The summed E-state index contributed by atoms with van der Waals surface area (Å²) in [4.78, 5) is 27.1. The fourth-order valence-corrected chi connectivity index (χ4v) is 3.94. The topological polar surface area (TPSA) is 91.7 Å². The lowest BCUT2D eigenvalue weighted by Crippen LogP contribution is -2.47. The van der Waals surface area contributed by atoms with E-state index in [1.165, 1.54) is 16.0 Å². The largest absolute Gasteiger partial charge is 0.401 e. The molecule has 2 aromatic carbocycles. The second-order valence-electron chi connectivity index (χ2n) is 8.56. The van der Waals surface area contributed by atoms with E-state index < -0.39 is 18.6 Å². The molecule has 0 fully saturated rings. The van der Waals surface area contributed by atoms with E-state index >= 15 is 0 Å². The predicted octanol–water partition coefficient (Wildman–Crippen LogP) is 3.17. The van der Waals surface area contributed by atoms with Crippen molar-refractivity contribution in [3.05, 3.63) is 64.7 Å². The summed E-state index contributed by atoms with van der Waals surface area (Å²) in [6.07, 6.45) is -4.36. The summed E-state index contributed by atoms with van der Waals surface area (Å²) in [5, 5.41) is 17.8. The van der Waals surface area contributed by atoms with Gasteiger partial charge >= 0.3 is 6.18 Å². The number of alkyl halides is 3. The Morgan fingerprint density at radius 1 is 1.03 bits per heavy atom. The van der Waals surface area contributed by atoms with Gasteiger partial charge in [0.1, 0.15) is 0 Å². The summed E-state index contributed by atoms with van der Waals surface area (Å²) < 4.78 is 37.5. The Bertz CT molecular complexity index is 1120. The third-order valence-electron chi connectivity index (χ3n) is 5.93. The average molecular weight is 575 g/mol. The quantitative estimate of drug-likeness (QED) is 0.423. The summed E-state index contributed by atoms with van der Waals surface area (Å²) in [5.41, 5.74) is 3.78. The number of amides is 2. The molecule has 0 saturated heterocycles. The van der Waals surface area contributed by atoms with Gasteiger partial charge in [0.15, 0.2) is 0 Å². The maximum atomic E-state index is 13.0. The standard InChI is InChI=1S/C25H29F3N6O2.2ClH/c1-18-7-8-19(12-29)11-22(18)34(10-9-30-17-25(26,27)28)24(36)14-31-13-23(35)32(2)33-15-20-5-3-4-6-21(20)16-33;;/h3-8,11,30-31H,9-10,13-17H2,1-2H3;2*1H. The lowest BCUT2D eigenvalue weighted by Gasteiger charge is -2.28. The molecule has 38 heavy (non-hydrogen) atoms. The van der Waals surface area contributed by atoms with Crippen molar-refractivity contribution in [3.8, 4) is 6.07 Å². The smallest absolute Gasteiger partial charge is 0.310 e. The van der Waals surface area contributed by atoms with Crippen LogP contribution in [0.2, 0.25) is 0 Å². The Morgan fingerprint density at radius 2 is 1.63 bits per heavy atom. The van der Waals surface area contributed by atoms with Gasteiger partial charge in [-0.1, -0.05) is 30.3 Å². The van der Waals surface area contributed by atoms with Crippen LogP contribution in [0.4, 0.5) is 18.9 Å². The fraction of sp³-hybridized carbons (Fsp3) is 0.400. The number of benzene rings is 2. The molecule has 0 atom stereocenters. The van der Waals surface area contributed by atoms with Gasteiger partial charge in [0, 0.05) is 38.9 Å². The number of nitrogens with zero attached hydrogens (tertiary/aromatic N) is 4. The summed E-state index contributed by atoms with van der Waals surface area (Å²) >= 11 is 0. The molecule has 1 aliphatic rings. The minimum atomic E-state index is -4.36. The summed E-state index contributed by atoms with van der Waals surface area (Å²) in [6.45, 7) is 1.38. The van der Waals surface area contributed by atoms with Gasteiger partial charge in [-0.05, 0) is 35.7 Å². The number of likely N-dealkylation sites (N-methyl/N-ethyl adjacent to an activating group) is 1. The molecule has 0 radical (unpaired) electrons. The highest BCUT2D eigenvalue weighted by atomic mass is 35.5. The molecular formula is C25H31Cl2F3N6O2. The number of halogens is 5. The van der Waals surface area contributed by atoms with Crippen LogP contribution in [0.3, 0.4) is 0 Å². The van der Waals surface area contributed by atoms with Gasteiger partial charge in [0.25, 0.3) is 5.91 Å². The molecule has 0 unspecified atom stereocenters. The molecular weight excluding hydrogens is 544 g/mol. The van der Waals surface area contributed by atoms with E-state index in [0.717, 1.165) is 11.1 Å². The number of nitriles is 1. The Kier molecular flexibility index (Phi) is 13.0. The Morgan fingerprint density at radius 3 is 2.21 bits per heavy atom. The van der Waals surface area contributed by atoms with E-state index in [1.54, 1.807) is 26.1 Å². The number of hydrazine groups is 1. The van der Waals surface area contributed by atoms with Crippen LogP contribution in [0, 0.1) is 18.3 Å². The molecule has 0 saturated carbocycles. The van der Waals surface area contributed by atoms with Gasteiger partial charge < -0.3 is 10.2 Å². The second kappa shape index (κ2) is 14.9. The first-order valence-corrected chi connectivity index (χ1v) is 11.5. The van der Waals surface area contributed by atoms with E-state index in [4.69, 9.17) is 0 Å². The molecule has 13 heteroatoms. The first kappa shape index (κ1) is 33.1. The number of rotatable bonds is 10. The van der Waals surface area contributed by atoms with E-state index in [2.05, 4.69) is 10.6 Å². The van der Waals surface area contributed by atoms with Crippen molar-refractivity contribution < 1.29 is 22.8 Å². The van der Waals surface area contributed by atoms with Gasteiger partial charge in [-0.2, -0.15) is 18.4 Å².